The topological polar surface area (TPSA) is 70.2 Å². The summed E-state index contributed by atoms with van der Waals surface area (Å²) in [4.78, 5) is 22.4. The average Bonchev–Trinajstić information content (AvgIpc) is 2.20. The van der Waals surface area contributed by atoms with Crippen LogP contribution in [0.5, 0.6) is 0 Å². The van der Waals surface area contributed by atoms with Crippen LogP contribution in [0, 0.1) is 5.92 Å². The van der Waals surface area contributed by atoms with Crippen molar-refractivity contribution in [3.05, 3.63) is 0 Å². The summed E-state index contributed by atoms with van der Waals surface area (Å²) in [7, 11) is 0. The average molecular weight is 229 g/mol. The first-order valence-corrected chi connectivity index (χ1v) is 5.71. The maximum Gasteiger partial charge on any atom is 0.234 e. The van der Waals surface area contributed by atoms with Crippen molar-refractivity contribution in [2.45, 2.75) is 33.7 Å². The van der Waals surface area contributed by atoms with Crippen molar-refractivity contribution in [1.82, 2.24) is 16.0 Å². The van der Waals surface area contributed by atoms with Gasteiger partial charge >= 0.3 is 0 Å². The lowest BCUT2D eigenvalue weighted by Gasteiger charge is -2.10. The molecular weight excluding hydrogens is 206 g/mol. The van der Waals surface area contributed by atoms with E-state index in [1.54, 1.807) is 0 Å². The van der Waals surface area contributed by atoms with Crippen molar-refractivity contribution < 1.29 is 9.59 Å². The van der Waals surface area contributed by atoms with E-state index in [1.807, 2.05) is 27.7 Å². The van der Waals surface area contributed by atoms with Crippen molar-refractivity contribution >= 4 is 11.8 Å². The van der Waals surface area contributed by atoms with Gasteiger partial charge in [0.15, 0.2) is 0 Å². The number of carbonyl (C=O) groups excluding carboxylic acids is 2. The van der Waals surface area contributed by atoms with Gasteiger partial charge in [-0.05, 0) is 0 Å². The van der Waals surface area contributed by atoms with Crippen LogP contribution in [0.3, 0.4) is 0 Å². The minimum atomic E-state index is -0.0486. The van der Waals surface area contributed by atoms with E-state index in [0.29, 0.717) is 25.7 Å². The van der Waals surface area contributed by atoms with Gasteiger partial charge in [-0.3, -0.25) is 9.59 Å². The monoisotopic (exact) mass is 229 g/mol. The quantitative estimate of drug-likeness (QED) is 0.533. The van der Waals surface area contributed by atoms with Crippen LogP contribution >= 0.6 is 0 Å². The Morgan fingerprint density at radius 3 is 2.06 bits per heavy atom. The Balaban J connectivity index is 3.45. The molecule has 2 amide bonds. The molecule has 0 spiro atoms. The van der Waals surface area contributed by atoms with Gasteiger partial charge in [0.25, 0.3) is 0 Å². The summed E-state index contributed by atoms with van der Waals surface area (Å²) in [5, 5.41) is 8.46. The summed E-state index contributed by atoms with van der Waals surface area (Å²) < 4.78 is 0. The molecule has 0 saturated carbocycles. The third-order valence-corrected chi connectivity index (χ3v) is 1.94. The number of hydrogen-bond acceptors (Lipinski definition) is 3. The van der Waals surface area contributed by atoms with Crippen molar-refractivity contribution in [2.24, 2.45) is 5.92 Å². The molecule has 16 heavy (non-hydrogen) atoms. The van der Waals surface area contributed by atoms with Gasteiger partial charge in [-0.2, -0.15) is 0 Å². The van der Waals surface area contributed by atoms with Gasteiger partial charge in [-0.25, -0.2) is 0 Å². The fourth-order valence-corrected chi connectivity index (χ4v) is 0.951. The van der Waals surface area contributed by atoms with E-state index in [0.717, 1.165) is 0 Å². The Kier molecular flexibility index (Phi) is 7.54. The van der Waals surface area contributed by atoms with E-state index in [2.05, 4.69) is 16.0 Å². The van der Waals surface area contributed by atoms with E-state index in [-0.39, 0.29) is 17.7 Å². The zero-order valence-electron chi connectivity index (χ0n) is 10.6. The van der Waals surface area contributed by atoms with Crippen LogP contribution in [-0.2, 0) is 9.59 Å². The molecule has 0 fully saturated rings. The Labute approximate surface area is 97.4 Å². The largest absolute Gasteiger partial charge is 0.354 e. The van der Waals surface area contributed by atoms with Gasteiger partial charge < -0.3 is 16.0 Å². The summed E-state index contributed by atoms with van der Waals surface area (Å²) in [5.74, 6) is -0.0552. The highest BCUT2D eigenvalue weighted by atomic mass is 16.2. The lowest BCUT2D eigenvalue weighted by molar-refractivity contribution is -0.124. The molecule has 0 aromatic carbocycles. The van der Waals surface area contributed by atoms with Crippen LogP contribution < -0.4 is 16.0 Å². The summed E-state index contributed by atoms with van der Waals surface area (Å²) in [6.07, 6.45) is 0. The lowest BCUT2D eigenvalue weighted by atomic mass is 10.2. The molecule has 0 aromatic rings. The third kappa shape index (κ3) is 8.23. The molecule has 0 aromatic heterocycles. The second-order valence-electron chi connectivity index (χ2n) is 4.33. The highest BCUT2D eigenvalue weighted by Gasteiger charge is 2.05. The molecule has 0 aliphatic carbocycles. The van der Waals surface area contributed by atoms with Crippen molar-refractivity contribution in [3.8, 4) is 0 Å². The second-order valence-corrected chi connectivity index (χ2v) is 4.33. The summed E-state index contributed by atoms with van der Waals surface area (Å²) >= 11 is 0. The Hall–Kier alpha value is -1.10. The standard InChI is InChI=1S/C11H23N3O2/c1-8(2)11(16)13-6-5-12-10(15)7-14-9(3)4/h8-9,14H,5-7H2,1-4H3,(H,12,15)(H,13,16). The Bertz CT molecular complexity index is 227. The Morgan fingerprint density at radius 2 is 1.56 bits per heavy atom. The summed E-state index contributed by atoms with van der Waals surface area (Å²) in [6.45, 7) is 8.89. The predicted octanol–water partition coefficient (Wildman–Crippen LogP) is -0.127. The van der Waals surface area contributed by atoms with Crippen LogP contribution in [0.25, 0.3) is 0 Å². The first kappa shape index (κ1) is 14.9. The molecule has 0 unspecified atom stereocenters. The fourth-order valence-electron chi connectivity index (χ4n) is 0.951. The number of hydrogen-bond donors (Lipinski definition) is 3. The van der Waals surface area contributed by atoms with E-state index in [9.17, 15) is 9.59 Å². The highest BCUT2D eigenvalue weighted by Crippen LogP contribution is 1.88. The highest BCUT2D eigenvalue weighted by molar-refractivity contribution is 5.79. The number of carbonyl (C=O) groups is 2. The normalized spacial score (nSPS) is 10.6. The third-order valence-electron chi connectivity index (χ3n) is 1.94. The zero-order chi connectivity index (χ0) is 12.6. The molecule has 5 heteroatoms. The van der Waals surface area contributed by atoms with Crippen LogP contribution in [0.15, 0.2) is 0 Å². The van der Waals surface area contributed by atoms with Crippen molar-refractivity contribution in [1.29, 1.82) is 0 Å². The molecule has 94 valence electrons. The van der Waals surface area contributed by atoms with Crippen molar-refractivity contribution in [3.63, 3.8) is 0 Å². The minimum Gasteiger partial charge on any atom is -0.354 e. The number of nitrogens with one attached hydrogen (secondary N) is 3. The van der Waals surface area contributed by atoms with E-state index in [1.165, 1.54) is 0 Å². The van der Waals surface area contributed by atoms with Crippen LogP contribution in [0.2, 0.25) is 0 Å². The van der Waals surface area contributed by atoms with Gasteiger partial charge in [-0.1, -0.05) is 27.7 Å². The van der Waals surface area contributed by atoms with Gasteiger partial charge in [0, 0.05) is 25.0 Å². The van der Waals surface area contributed by atoms with Gasteiger partial charge in [0.05, 0.1) is 6.54 Å². The number of amides is 2. The number of rotatable bonds is 7. The lowest BCUT2D eigenvalue weighted by Crippen LogP contribution is -2.41. The smallest absolute Gasteiger partial charge is 0.234 e. The molecule has 3 N–H and O–H groups in total. The van der Waals surface area contributed by atoms with E-state index >= 15 is 0 Å². The Morgan fingerprint density at radius 1 is 1.00 bits per heavy atom. The summed E-state index contributed by atoms with van der Waals surface area (Å²) in [5.41, 5.74) is 0. The van der Waals surface area contributed by atoms with E-state index < -0.39 is 0 Å². The van der Waals surface area contributed by atoms with Crippen LogP contribution in [0.4, 0.5) is 0 Å². The first-order chi connectivity index (χ1) is 7.43. The molecule has 0 aliphatic rings. The molecular formula is C11H23N3O2. The summed E-state index contributed by atoms with van der Waals surface area (Å²) in [6, 6.07) is 0.298. The van der Waals surface area contributed by atoms with Gasteiger partial charge in [0.2, 0.25) is 11.8 Å². The SMILES string of the molecule is CC(C)NCC(=O)NCCNC(=O)C(C)C. The maximum absolute atomic E-state index is 11.2. The minimum absolute atomic E-state index is 0.00885. The van der Waals surface area contributed by atoms with Gasteiger partial charge in [0.1, 0.15) is 0 Å². The fraction of sp³-hybridized carbons (Fsp3) is 0.818. The molecule has 0 rings (SSSR count). The molecule has 0 aliphatic heterocycles. The molecule has 0 atom stereocenters. The second kappa shape index (κ2) is 8.10. The zero-order valence-corrected chi connectivity index (χ0v) is 10.6. The van der Waals surface area contributed by atoms with Crippen LogP contribution in [0.1, 0.15) is 27.7 Å². The molecule has 0 heterocycles. The van der Waals surface area contributed by atoms with Gasteiger partial charge in [-0.15, -0.1) is 0 Å². The molecule has 0 radical (unpaired) electrons. The molecule has 0 bridgehead atoms. The van der Waals surface area contributed by atoms with Crippen LogP contribution in [-0.4, -0.2) is 37.5 Å². The molecule has 0 saturated heterocycles. The molecule has 5 nitrogen and oxygen atoms in total. The first-order valence-electron chi connectivity index (χ1n) is 5.71. The van der Waals surface area contributed by atoms with E-state index in [4.69, 9.17) is 0 Å². The maximum atomic E-state index is 11.2. The van der Waals surface area contributed by atoms with Crippen molar-refractivity contribution in [2.75, 3.05) is 19.6 Å². The predicted molar refractivity (Wildman–Crippen MR) is 64.0 cm³/mol.